The summed E-state index contributed by atoms with van der Waals surface area (Å²) >= 11 is 0. The second-order valence-corrected chi connectivity index (χ2v) is 6.30. The standard InChI is InChI=1S/C18H22O6/c1-5-6-11-7-8-12(13(9-11)20-4)21-17-15(22-17)10-14-16(19)24-18(2,3)23-14/h5,7-9,14-15,17H,1,6,10H2,2-4H3/t14-,15?,17?/m0/s1. The quantitative estimate of drug-likeness (QED) is 0.434. The summed E-state index contributed by atoms with van der Waals surface area (Å²) in [6.45, 7) is 7.15. The summed E-state index contributed by atoms with van der Waals surface area (Å²) in [5.41, 5.74) is 1.09. The number of rotatable bonds is 7. The molecule has 0 aromatic heterocycles. The first kappa shape index (κ1) is 16.8. The molecule has 2 heterocycles. The van der Waals surface area contributed by atoms with Gasteiger partial charge in [0.2, 0.25) is 12.1 Å². The van der Waals surface area contributed by atoms with E-state index in [1.165, 1.54) is 0 Å². The molecule has 2 aliphatic rings. The molecule has 1 aromatic rings. The van der Waals surface area contributed by atoms with Crippen LogP contribution in [0.4, 0.5) is 0 Å². The molecule has 0 radical (unpaired) electrons. The van der Waals surface area contributed by atoms with Gasteiger partial charge < -0.3 is 23.7 Å². The van der Waals surface area contributed by atoms with E-state index in [9.17, 15) is 4.79 Å². The van der Waals surface area contributed by atoms with Gasteiger partial charge >= 0.3 is 5.97 Å². The summed E-state index contributed by atoms with van der Waals surface area (Å²) < 4.78 is 27.4. The lowest BCUT2D eigenvalue weighted by atomic mass is 10.1. The first-order valence-corrected chi connectivity index (χ1v) is 7.92. The molecule has 24 heavy (non-hydrogen) atoms. The third-order valence-corrected chi connectivity index (χ3v) is 3.87. The minimum Gasteiger partial charge on any atom is -0.493 e. The third kappa shape index (κ3) is 3.71. The van der Waals surface area contributed by atoms with Crippen LogP contribution in [-0.2, 0) is 25.4 Å². The minimum absolute atomic E-state index is 0.200. The number of carbonyl (C=O) groups excluding carboxylic acids is 1. The van der Waals surface area contributed by atoms with Crippen LogP contribution in [0.1, 0.15) is 25.8 Å². The van der Waals surface area contributed by atoms with Crippen LogP contribution in [0.5, 0.6) is 11.5 Å². The van der Waals surface area contributed by atoms with E-state index in [0.717, 1.165) is 12.0 Å². The Hall–Kier alpha value is -2.05. The maximum absolute atomic E-state index is 11.7. The highest BCUT2D eigenvalue weighted by Crippen LogP contribution is 2.37. The predicted molar refractivity (Wildman–Crippen MR) is 85.8 cm³/mol. The maximum Gasteiger partial charge on any atom is 0.338 e. The first-order valence-electron chi connectivity index (χ1n) is 7.92. The van der Waals surface area contributed by atoms with Crippen LogP contribution >= 0.6 is 0 Å². The van der Waals surface area contributed by atoms with Gasteiger partial charge in [-0.15, -0.1) is 6.58 Å². The van der Waals surface area contributed by atoms with Crippen LogP contribution in [0.2, 0.25) is 0 Å². The van der Waals surface area contributed by atoms with Crippen molar-refractivity contribution in [1.82, 2.24) is 0 Å². The molecular weight excluding hydrogens is 312 g/mol. The Morgan fingerprint density at radius 3 is 2.75 bits per heavy atom. The van der Waals surface area contributed by atoms with Crippen LogP contribution in [0.25, 0.3) is 0 Å². The highest BCUT2D eigenvalue weighted by Gasteiger charge is 2.49. The Labute approximate surface area is 141 Å². The van der Waals surface area contributed by atoms with E-state index in [2.05, 4.69) is 6.58 Å². The molecule has 0 spiro atoms. The molecule has 130 valence electrons. The monoisotopic (exact) mass is 334 g/mol. The number of carbonyl (C=O) groups is 1. The molecule has 0 amide bonds. The van der Waals surface area contributed by atoms with Crippen LogP contribution in [0.3, 0.4) is 0 Å². The van der Waals surface area contributed by atoms with Crippen LogP contribution in [0, 0.1) is 0 Å². The second-order valence-electron chi connectivity index (χ2n) is 6.30. The van der Waals surface area contributed by atoms with Crippen LogP contribution in [0.15, 0.2) is 30.9 Å². The van der Waals surface area contributed by atoms with Gasteiger partial charge in [0.05, 0.1) is 7.11 Å². The van der Waals surface area contributed by atoms with Crippen molar-refractivity contribution in [3.63, 3.8) is 0 Å². The van der Waals surface area contributed by atoms with Gasteiger partial charge in [-0.05, 0) is 24.1 Å². The molecule has 6 nitrogen and oxygen atoms in total. The third-order valence-electron chi connectivity index (χ3n) is 3.87. The lowest BCUT2D eigenvalue weighted by Gasteiger charge is -2.14. The summed E-state index contributed by atoms with van der Waals surface area (Å²) in [7, 11) is 1.59. The van der Waals surface area contributed by atoms with Gasteiger partial charge in [0.25, 0.3) is 0 Å². The Balaban J connectivity index is 1.57. The highest BCUT2D eigenvalue weighted by atomic mass is 16.8. The van der Waals surface area contributed by atoms with E-state index in [1.807, 2.05) is 24.3 Å². The number of epoxide rings is 1. The Bertz CT molecular complexity index is 638. The molecule has 0 saturated carbocycles. The number of cyclic esters (lactones) is 1. The van der Waals surface area contributed by atoms with Crippen LogP contribution in [-0.4, -0.2) is 37.4 Å². The van der Waals surface area contributed by atoms with Gasteiger partial charge in [0.15, 0.2) is 17.6 Å². The van der Waals surface area contributed by atoms with Crippen molar-refractivity contribution in [3.05, 3.63) is 36.4 Å². The summed E-state index contributed by atoms with van der Waals surface area (Å²) in [4.78, 5) is 11.7. The lowest BCUT2D eigenvalue weighted by molar-refractivity contribution is -0.160. The Morgan fingerprint density at radius 1 is 1.33 bits per heavy atom. The number of allylic oxidation sites excluding steroid dienone is 1. The fraction of sp³-hybridized carbons (Fsp3) is 0.500. The molecular formula is C18H22O6. The molecule has 3 rings (SSSR count). The first-order chi connectivity index (χ1) is 11.4. The largest absolute Gasteiger partial charge is 0.493 e. The van der Waals surface area contributed by atoms with E-state index < -0.39 is 18.2 Å². The molecule has 3 atom stereocenters. The van der Waals surface area contributed by atoms with Crippen LogP contribution < -0.4 is 9.47 Å². The van der Waals surface area contributed by atoms with E-state index in [1.54, 1.807) is 21.0 Å². The molecule has 0 bridgehead atoms. The summed E-state index contributed by atoms with van der Waals surface area (Å²) in [5, 5.41) is 0. The normalized spacial score (nSPS) is 27.5. The van der Waals surface area contributed by atoms with Crippen molar-refractivity contribution in [2.45, 2.75) is 51.0 Å². The topological polar surface area (TPSA) is 66.5 Å². The zero-order valence-corrected chi connectivity index (χ0v) is 14.1. The number of benzene rings is 1. The van der Waals surface area contributed by atoms with Crippen molar-refractivity contribution < 1.29 is 28.5 Å². The lowest BCUT2D eigenvalue weighted by Crippen LogP contribution is -2.23. The molecule has 1 aromatic carbocycles. The van der Waals surface area contributed by atoms with Gasteiger partial charge in [-0.3, -0.25) is 0 Å². The average molecular weight is 334 g/mol. The van der Waals surface area contributed by atoms with E-state index >= 15 is 0 Å². The number of hydrogen-bond donors (Lipinski definition) is 0. The number of methoxy groups -OCH3 is 1. The van der Waals surface area contributed by atoms with E-state index in [0.29, 0.717) is 17.9 Å². The molecule has 2 aliphatic heterocycles. The van der Waals surface area contributed by atoms with Crippen molar-refractivity contribution in [2.24, 2.45) is 0 Å². The van der Waals surface area contributed by atoms with Gasteiger partial charge in [-0.25, -0.2) is 4.79 Å². The summed E-state index contributed by atoms with van der Waals surface area (Å²) in [5.74, 6) is 0.00641. The minimum atomic E-state index is -0.878. The fourth-order valence-electron chi connectivity index (χ4n) is 2.70. The van der Waals surface area contributed by atoms with Crippen molar-refractivity contribution in [3.8, 4) is 11.5 Å². The molecule has 0 aliphatic carbocycles. The van der Waals surface area contributed by atoms with Crippen molar-refractivity contribution in [1.29, 1.82) is 0 Å². The predicted octanol–water partition coefficient (Wildman–Crippen LogP) is 2.60. The highest BCUT2D eigenvalue weighted by molar-refractivity contribution is 5.76. The number of hydrogen-bond acceptors (Lipinski definition) is 6. The Morgan fingerprint density at radius 2 is 2.12 bits per heavy atom. The molecule has 2 fully saturated rings. The van der Waals surface area contributed by atoms with Gasteiger partial charge in [-0.1, -0.05) is 12.1 Å². The van der Waals surface area contributed by atoms with Gasteiger partial charge in [0, 0.05) is 20.3 Å². The summed E-state index contributed by atoms with van der Waals surface area (Å²) in [6, 6.07) is 5.71. The van der Waals surface area contributed by atoms with Crippen molar-refractivity contribution in [2.75, 3.05) is 7.11 Å². The zero-order valence-electron chi connectivity index (χ0n) is 14.1. The van der Waals surface area contributed by atoms with Crippen molar-refractivity contribution >= 4 is 5.97 Å². The number of ether oxygens (including phenoxy) is 5. The van der Waals surface area contributed by atoms with E-state index in [-0.39, 0.29) is 12.1 Å². The Kier molecular flexibility index (Phi) is 4.51. The molecule has 0 N–H and O–H groups in total. The van der Waals surface area contributed by atoms with Gasteiger partial charge in [0.1, 0.15) is 6.10 Å². The summed E-state index contributed by atoms with van der Waals surface area (Å²) in [6.07, 6.45) is 1.77. The van der Waals surface area contributed by atoms with Gasteiger partial charge in [-0.2, -0.15) is 0 Å². The molecule has 2 saturated heterocycles. The van der Waals surface area contributed by atoms with E-state index in [4.69, 9.17) is 23.7 Å². The maximum atomic E-state index is 11.7. The SMILES string of the molecule is C=CCc1ccc(OC2OC2C[C@@H]2OC(C)(C)OC2=O)c(OC)c1. The average Bonchev–Trinajstić information content (AvgIpc) is 3.18. The molecule has 6 heteroatoms. The smallest absolute Gasteiger partial charge is 0.338 e. The second kappa shape index (κ2) is 6.45. The number of esters is 1. The molecule has 2 unspecified atom stereocenters. The zero-order chi connectivity index (χ0) is 17.3. The fourth-order valence-corrected chi connectivity index (χ4v) is 2.70.